The fraction of sp³-hybridized carbons (Fsp3) is 0.0833. The number of carbonyl (C=O) groups excluding carboxylic acids is 1. The Morgan fingerprint density at radius 3 is 2.30 bits per heavy atom. The van der Waals surface area contributed by atoms with Crippen LogP contribution >= 0.6 is 0 Å². The number of benzene rings is 3. The molecule has 5 rings (SSSR count). The first-order chi connectivity index (χ1) is 14.8. The molecule has 0 aliphatic carbocycles. The minimum Gasteiger partial charge on any atom is -0.489 e. The summed E-state index contributed by atoms with van der Waals surface area (Å²) in [4.78, 5) is 12.6. The van der Waals surface area contributed by atoms with Gasteiger partial charge in [0.1, 0.15) is 29.9 Å². The highest BCUT2D eigenvalue weighted by molar-refractivity contribution is 6.01. The Bertz CT molecular complexity index is 1160. The number of anilines is 1. The maximum Gasteiger partial charge on any atom is 0.258 e. The number of nitrogens with one attached hydrogen (secondary N) is 2. The van der Waals surface area contributed by atoms with Crippen molar-refractivity contribution in [2.75, 3.05) is 5.32 Å². The second kappa shape index (κ2) is 7.75. The SMILES string of the molecule is O=C1NC(c2ccc(OCc3ccccc3)cc2)Nc2c1cnn2-c1ccccc1. The molecular formula is C24H20N4O2. The molecule has 2 heterocycles. The maximum absolute atomic E-state index is 12.6. The third-order valence-corrected chi connectivity index (χ3v) is 5.03. The lowest BCUT2D eigenvalue weighted by molar-refractivity contribution is 0.0935. The van der Waals surface area contributed by atoms with Crippen LogP contribution < -0.4 is 15.4 Å². The summed E-state index contributed by atoms with van der Waals surface area (Å²) in [7, 11) is 0. The topological polar surface area (TPSA) is 68.2 Å². The van der Waals surface area contributed by atoms with Crippen LogP contribution in [0.3, 0.4) is 0 Å². The number of para-hydroxylation sites is 1. The minimum absolute atomic E-state index is 0.152. The normalized spacial score (nSPS) is 15.1. The van der Waals surface area contributed by atoms with Crippen molar-refractivity contribution in [2.24, 2.45) is 0 Å². The van der Waals surface area contributed by atoms with E-state index in [-0.39, 0.29) is 12.1 Å². The van der Waals surface area contributed by atoms with E-state index in [1.807, 2.05) is 84.9 Å². The summed E-state index contributed by atoms with van der Waals surface area (Å²) in [5, 5.41) is 10.8. The summed E-state index contributed by atoms with van der Waals surface area (Å²) in [6, 6.07) is 27.5. The monoisotopic (exact) mass is 396 g/mol. The molecule has 0 saturated carbocycles. The van der Waals surface area contributed by atoms with Crippen molar-refractivity contribution < 1.29 is 9.53 Å². The van der Waals surface area contributed by atoms with Crippen LogP contribution in [0.1, 0.15) is 27.7 Å². The molecule has 148 valence electrons. The maximum atomic E-state index is 12.6. The van der Waals surface area contributed by atoms with Gasteiger partial charge in [0, 0.05) is 0 Å². The Morgan fingerprint density at radius 2 is 1.57 bits per heavy atom. The Labute approximate surface area is 174 Å². The van der Waals surface area contributed by atoms with Crippen LogP contribution in [0.2, 0.25) is 0 Å². The van der Waals surface area contributed by atoms with Gasteiger partial charge in [0.15, 0.2) is 0 Å². The first-order valence-corrected chi connectivity index (χ1v) is 9.75. The molecule has 1 aromatic heterocycles. The molecular weight excluding hydrogens is 376 g/mol. The molecule has 0 bridgehead atoms. The van der Waals surface area contributed by atoms with Crippen molar-refractivity contribution >= 4 is 11.7 Å². The molecule has 0 fully saturated rings. The third kappa shape index (κ3) is 3.51. The smallest absolute Gasteiger partial charge is 0.258 e. The van der Waals surface area contributed by atoms with Gasteiger partial charge in [-0.3, -0.25) is 4.79 Å². The molecule has 0 radical (unpaired) electrons. The van der Waals surface area contributed by atoms with Gasteiger partial charge in [-0.25, -0.2) is 4.68 Å². The van der Waals surface area contributed by atoms with E-state index >= 15 is 0 Å². The lowest BCUT2D eigenvalue weighted by Crippen LogP contribution is -2.38. The number of ether oxygens (including phenoxy) is 1. The zero-order chi connectivity index (χ0) is 20.3. The average Bonchev–Trinajstić information content (AvgIpc) is 3.24. The number of hydrogen-bond acceptors (Lipinski definition) is 4. The van der Waals surface area contributed by atoms with Crippen LogP contribution in [0.4, 0.5) is 5.82 Å². The molecule has 0 spiro atoms. The molecule has 1 aliphatic heterocycles. The second-order valence-electron chi connectivity index (χ2n) is 7.05. The Hall–Kier alpha value is -4.06. The molecule has 6 heteroatoms. The zero-order valence-corrected chi connectivity index (χ0v) is 16.2. The standard InChI is InChI=1S/C24H20N4O2/c29-24-21-15-25-28(19-9-5-2-6-10-19)23(21)26-22(27-24)18-11-13-20(14-12-18)30-16-17-7-3-1-4-8-17/h1-15,22,26H,16H2,(H,27,29). The molecule has 1 aliphatic rings. The number of aromatic nitrogens is 2. The van der Waals surface area contributed by atoms with E-state index in [9.17, 15) is 4.79 Å². The van der Waals surface area contributed by atoms with Crippen LogP contribution in [0.25, 0.3) is 5.69 Å². The zero-order valence-electron chi connectivity index (χ0n) is 16.2. The van der Waals surface area contributed by atoms with Crippen molar-refractivity contribution in [2.45, 2.75) is 12.8 Å². The van der Waals surface area contributed by atoms with Crippen LogP contribution in [-0.2, 0) is 6.61 Å². The Kier molecular flexibility index (Phi) is 4.65. The lowest BCUT2D eigenvalue weighted by Gasteiger charge is -2.27. The van der Waals surface area contributed by atoms with Gasteiger partial charge in [0.25, 0.3) is 5.91 Å². The van der Waals surface area contributed by atoms with E-state index < -0.39 is 0 Å². The molecule has 30 heavy (non-hydrogen) atoms. The molecule has 2 N–H and O–H groups in total. The number of fused-ring (bicyclic) bond motifs is 1. The summed E-state index contributed by atoms with van der Waals surface area (Å²) in [5.41, 5.74) is 3.47. The summed E-state index contributed by atoms with van der Waals surface area (Å²) < 4.78 is 7.60. The van der Waals surface area contributed by atoms with Gasteiger partial charge in [0.05, 0.1) is 11.9 Å². The summed E-state index contributed by atoms with van der Waals surface area (Å²) in [6.45, 7) is 0.512. The molecule has 1 amide bonds. The largest absolute Gasteiger partial charge is 0.489 e. The first-order valence-electron chi connectivity index (χ1n) is 9.75. The van der Waals surface area contributed by atoms with E-state index in [1.54, 1.807) is 10.9 Å². The van der Waals surface area contributed by atoms with Crippen LogP contribution in [0, 0.1) is 0 Å². The molecule has 1 atom stereocenters. The fourth-order valence-corrected chi connectivity index (χ4v) is 3.46. The number of rotatable bonds is 5. The average molecular weight is 396 g/mol. The van der Waals surface area contributed by atoms with Crippen LogP contribution in [0.15, 0.2) is 91.1 Å². The number of carbonyl (C=O) groups is 1. The van der Waals surface area contributed by atoms with E-state index in [4.69, 9.17) is 4.74 Å². The van der Waals surface area contributed by atoms with Gasteiger partial charge in [-0.05, 0) is 35.4 Å². The van der Waals surface area contributed by atoms with Crippen molar-refractivity contribution in [3.05, 3.63) is 108 Å². The van der Waals surface area contributed by atoms with Crippen molar-refractivity contribution in [3.8, 4) is 11.4 Å². The highest BCUT2D eigenvalue weighted by atomic mass is 16.5. The molecule has 6 nitrogen and oxygen atoms in total. The van der Waals surface area contributed by atoms with Gasteiger partial charge in [-0.15, -0.1) is 0 Å². The van der Waals surface area contributed by atoms with Crippen molar-refractivity contribution in [1.29, 1.82) is 0 Å². The minimum atomic E-state index is -0.354. The number of hydrogen-bond donors (Lipinski definition) is 2. The summed E-state index contributed by atoms with van der Waals surface area (Å²) >= 11 is 0. The fourth-order valence-electron chi connectivity index (χ4n) is 3.46. The second-order valence-corrected chi connectivity index (χ2v) is 7.05. The predicted octanol–water partition coefficient (Wildman–Crippen LogP) is 4.31. The van der Waals surface area contributed by atoms with Gasteiger partial charge in [0.2, 0.25) is 0 Å². The van der Waals surface area contributed by atoms with Gasteiger partial charge >= 0.3 is 0 Å². The van der Waals surface area contributed by atoms with Crippen molar-refractivity contribution in [1.82, 2.24) is 15.1 Å². The van der Waals surface area contributed by atoms with E-state index in [0.29, 0.717) is 18.0 Å². The first kappa shape index (κ1) is 18.0. The molecule has 4 aromatic rings. The Morgan fingerprint density at radius 1 is 0.867 bits per heavy atom. The van der Waals surface area contributed by atoms with E-state index in [1.165, 1.54) is 0 Å². The summed E-state index contributed by atoms with van der Waals surface area (Å²) in [5.74, 6) is 1.31. The van der Waals surface area contributed by atoms with Crippen LogP contribution in [-0.4, -0.2) is 15.7 Å². The van der Waals surface area contributed by atoms with Gasteiger partial charge in [-0.1, -0.05) is 60.7 Å². The number of nitrogens with zero attached hydrogens (tertiary/aromatic N) is 2. The van der Waals surface area contributed by atoms with E-state index in [2.05, 4.69) is 15.7 Å². The van der Waals surface area contributed by atoms with Gasteiger partial charge < -0.3 is 15.4 Å². The van der Waals surface area contributed by atoms with Crippen LogP contribution in [0.5, 0.6) is 5.75 Å². The Balaban J connectivity index is 1.34. The highest BCUT2D eigenvalue weighted by Crippen LogP contribution is 2.29. The van der Waals surface area contributed by atoms with Crippen molar-refractivity contribution in [3.63, 3.8) is 0 Å². The number of amides is 1. The molecule has 0 saturated heterocycles. The van der Waals surface area contributed by atoms with E-state index in [0.717, 1.165) is 22.6 Å². The molecule has 3 aromatic carbocycles. The highest BCUT2D eigenvalue weighted by Gasteiger charge is 2.28. The quantitative estimate of drug-likeness (QED) is 0.528. The van der Waals surface area contributed by atoms with Gasteiger partial charge in [-0.2, -0.15) is 5.10 Å². The summed E-state index contributed by atoms with van der Waals surface area (Å²) in [6.07, 6.45) is 1.23. The lowest BCUT2D eigenvalue weighted by atomic mass is 10.1. The predicted molar refractivity (Wildman–Crippen MR) is 115 cm³/mol. The third-order valence-electron chi connectivity index (χ3n) is 5.03. The molecule has 1 unspecified atom stereocenters.